The van der Waals surface area contributed by atoms with Crippen LogP contribution < -0.4 is 5.32 Å². The van der Waals surface area contributed by atoms with Gasteiger partial charge in [0.2, 0.25) is 12.2 Å². The van der Waals surface area contributed by atoms with Gasteiger partial charge in [0.15, 0.2) is 0 Å². The van der Waals surface area contributed by atoms with Crippen molar-refractivity contribution in [3.8, 4) is 11.3 Å². The summed E-state index contributed by atoms with van der Waals surface area (Å²) in [6.45, 7) is 0.0562. The van der Waals surface area contributed by atoms with Crippen LogP contribution in [0.25, 0.3) is 11.3 Å². The fourth-order valence-corrected chi connectivity index (χ4v) is 1.73. The van der Waals surface area contributed by atoms with E-state index in [0.29, 0.717) is 12.1 Å². The quantitative estimate of drug-likeness (QED) is 0.607. The van der Waals surface area contributed by atoms with Gasteiger partial charge in [-0.25, -0.2) is 4.98 Å². The zero-order chi connectivity index (χ0) is 14.4. The molecule has 1 amide bonds. The summed E-state index contributed by atoms with van der Waals surface area (Å²) in [5, 5.41) is 2.38. The summed E-state index contributed by atoms with van der Waals surface area (Å²) < 4.78 is 10.1. The summed E-state index contributed by atoms with van der Waals surface area (Å²) in [5.74, 6) is -0.485. The van der Waals surface area contributed by atoms with E-state index in [1.54, 1.807) is 0 Å². The highest BCUT2D eigenvalue weighted by Gasteiger charge is 2.24. The number of oxazole rings is 1. The molecule has 0 unspecified atom stereocenters. The smallest absolute Gasteiger partial charge is 0.266 e. The molecule has 6 nitrogen and oxygen atoms in total. The second-order valence-corrected chi connectivity index (χ2v) is 4.06. The lowest BCUT2D eigenvalue weighted by atomic mass is 10.2. The van der Waals surface area contributed by atoms with Gasteiger partial charge in [-0.2, -0.15) is 0 Å². The number of amides is 1. The average molecular weight is 274 g/mol. The topological polar surface area (TPSA) is 81.4 Å². The molecule has 104 valence electrons. The number of carbonyl (C=O) groups is 2. The summed E-state index contributed by atoms with van der Waals surface area (Å²) in [6.07, 6.45) is 1.86. The van der Waals surface area contributed by atoms with Crippen LogP contribution >= 0.6 is 0 Å². The van der Waals surface area contributed by atoms with Gasteiger partial charge in [0, 0.05) is 12.7 Å². The summed E-state index contributed by atoms with van der Waals surface area (Å²) in [4.78, 5) is 26.7. The molecule has 0 aliphatic heterocycles. The van der Waals surface area contributed by atoms with Crippen LogP contribution in [0.4, 0.5) is 0 Å². The molecule has 2 aromatic rings. The molecular formula is C14H14N2O4. The van der Waals surface area contributed by atoms with E-state index in [4.69, 9.17) is 9.15 Å². The highest BCUT2D eigenvalue weighted by atomic mass is 16.5. The van der Waals surface area contributed by atoms with Crippen molar-refractivity contribution in [3.05, 3.63) is 42.5 Å². The Balaban J connectivity index is 2.19. The number of rotatable bonds is 7. The van der Waals surface area contributed by atoms with Crippen molar-refractivity contribution in [2.75, 3.05) is 13.7 Å². The van der Waals surface area contributed by atoms with E-state index in [-0.39, 0.29) is 12.5 Å². The number of aromatic nitrogens is 1. The third kappa shape index (κ3) is 3.10. The number of nitrogens with zero attached hydrogens (tertiary/aromatic N) is 1. The number of ketones is 1. The highest BCUT2D eigenvalue weighted by Crippen LogP contribution is 2.18. The number of benzene rings is 1. The maximum Gasteiger partial charge on any atom is 0.266 e. The first kappa shape index (κ1) is 14.0. The predicted octanol–water partition coefficient (Wildman–Crippen LogP) is 1.29. The van der Waals surface area contributed by atoms with E-state index >= 15 is 0 Å². The Bertz CT molecular complexity index is 580. The fourth-order valence-electron chi connectivity index (χ4n) is 1.73. The molecule has 0 aliphatic carbocycles. The van der Waals surface area contributed by atoms with Crippen LogP contribution in [-0.2, 0) is 9.53 Å². The third-order valence-corrected chi connectivity index (χ3v) is 2.70. The number of nitrogens with one attached hydrogen (secondary N) is 1. The molecular weight excluding hydrogens is 260 g/mol. The number of hydrogen-bond donors (Lipinski definition) is 1. The van der Waals surface area contributed by atoms with Gasteiger partial charge >= 0.3 is 0 Å². The maximum atomic E-state index is 12.1. The summed E-state index contributed by atoms with van der Waals surface area (Å²) in [6, 6.07) is 8.54. The van der Waals surface area contributed by atoms with Crippen molar-refractivity contribution in [2.24, 2.45) is 0 Å². The molecule has 1 atom stereocenters. The van der Waals surface area contributed by atoms with Gasteiger partial charge in [-0.1, -0.05) is 30.3 Å². The molecule has 0 bridgehead atoms. The molecule has 1 aromatic heterocycles. The van der Waals surface area contributed by atoms with Crippen molar-refractivity contribution in [2.45, 2.75) is 6.04 Å². The minimum Gasteiger partial charge on any atom is -0.442 e. The van der Waals surface area contributed by atoms with E-state index in [1.807, 2.05) is 30.3 Å². The molecule has 6 heteroatoms. The molecule has 0 aliphatic rings. The number of carbonyl (C=O) groups excluding carboxylic acids is 2. The Morgan fingerprint density at radius 1 is 1.45 bits per heavy atom. The van der Waals surface area contributed by atoms with Crippen LogP contribution in [-0.4, -0.2) is 36.9 Å². The Hall–Kier alpha value is -2.47. The van der Waals surface area contributed by atoms with Crippen LogP contribution in [0.1, 0.15) is 10.7 Å². The molecule has 1 N–H and O–H groups in total. The van der Waals surface area contributed by atoms with Crippen LogP contribution in [0.15, 0.2) is 41.0 Å². The molecule has 1 aromatic carbocycles. The van der Waals surface area contributed by atoms with E-state index in [2.05, 4.69) is 10.3 Å². The van der Waals surface area contributed by atoms with Crippen LogP contribution in [0.3, 0.4) is 0 Å². The molecule has 0 saturated heterocycles. The minimum atomic E-state index is -0.806. The highest BCUT2D eigenvalue weighted by molar-refractivity contribution is 5.97. The van der Waals surface area contributed by atoms with Crippen LogP contribution in [0.5, 0.6) is 0 Å². The van der Waals surface area contributed by atoms with Gasteiger partial charge in [-0.3, -0.25) is 9.59 Å². The normalized spacial score (nSPS) is 11.8. The van der Waals surface area contributed by atoms with Crippen LogP contribution in [0.2, 0.25) is 0 Å². The Morgan fingerprint density at radius 3 is 2.85 bits per heavy atom. The Labute approximate surface area is 115 Å². The molecule has 1 heterocycles. The number of ether oxygens (including phenoxy) is 1. The number of methoxy groups -OCH3 is 1. The van der Waals surface area contributed by atoms with E-state index in [9.17, 15) is 9.59 Å². The van der Waals surface area contributed by atoms with Gasteiger partial charge in [-0.15, -0.1) is 0 Å². The van der Waals surface area contributed by atoms with E-state index < -0.39 is 11.8 Å². The zero-order valence-electron chi connectivity index (χ0n) is 10.9. The molecule has 0 fully saturated rings. The van der Waals surface area contributed by atoms with E-state index in [0.717, 1.165) is 5.56 Å². The second-order valence-electron chi connectivity index (χ2n) is 4.06. The predicted molar refractivity (Wildman–Crippen MR) is 71.1 cm³/mol. The summed E-state index contributed by atoms with van der Waals surface area (Å²) in [7, 11) is 1.44. The molecule has 2 rings (SSSR count). The molecule has 0 radical (unpaired) electrons. The lowest BCUT2D eigenvalue weighted by molar-refractivity contribution is -0.110. The summed E-state index contributed by atoms with van der Waals surface area (Å²) >= 11 is 0. The van der Waals surface area contributed by atoms with E-state index in [1.165, 1.54) is 13.4 Å². The second kappa shape index (κ2) is 6.63. The van der Waals surface area contributed by atoms with Crippen molar-refractivity contribution < 1.29 is 18.7 Å². The monoisotopic (exact) mass is 274 g/mol. The zero-order valence-corrected chi connectivity index (χ0v) is 10.9. The average Bonchev–Trinajstić information content (AvgIpc) is 2.97. The summed E-state index contributed by atoms with van der Waals surface area (Å²) in [5.41, 5.74) is 1.41. The first-order valence-corrected chi connectivity index (χ1v) is 6.00. The van der Waals surface area contributed by atoms with Crippen LogP contribution in [0, 0.1) is 0 Å². The molecule has 20 heavy (non-hydrogen) atoms. The minimum absolute atomic E-state index is 0.0553. The Morgan fingerprint density at radius 2 is 2.20 bits per heavy atom. The van der Waals surface area contributed by atoms with Crippen molar-refractivity contribution >= 4 is 12.2 Å². The number of Topliss-reactive ketones (excluding diaryl/α,β-unsaturated/α-hetero) is 1. The molecule has 0 saturated carbocycles. The van der Waals surface area contributed by atoms with Crippen molar-refractivity contribution in [3.63, 3.8) is 0 Å². The van der Waals surface area contributed by atoms with Gasteiger partial charge in [0.05, 0.1) is 6.61 Å². The fraction of sp³-hybridized carbons (Fsp3) is 0.214. The van der Waals surface area contributed by atoms with Crippen molar-refractivity contribution in [1.82, 2.24) is 10.3 Å². The van der Waals surface area contributed by atoms with Gasteiger partial charge in [-0.05, 0) is 0 Å². The van der Waals surface area contributed by atoms with Gasteiger partial charge in [0.1, 0.15) is 18.0 Å². The van der Waals surface area contributed by atoms with Gasteiger partial charge in [0.25, 0.3) is 5.89 Å². The molecule has 0 spiro atoms. The lowest BCUT2D eigenvalue weighted by Crippen LogP contribution is -2.39. The standard InChI is InChI=1S/C14H14N2O4/c1-19-7-12(15-9-17)13(18)14-16-11(8-20-14)10-5-3-2-4-6-10/h2-6,8-9,12H,7H2,1H3,(H,15,17)/t12-/m0/s1. The SMILES string of the molecule is COC[C@H](NC=O)C(=O)c1nc(-c2ccccc2)co1. The van der Waals surface area contributed by atoms with Crippen molar-refractivity contribution in [1.29, 1.82) is 0 Å². The number of hydrogen-bond acceptors (Lipinski definition) is 5. The first-order valence-electron chi connectivity index (χ1n) is 6.00. The Kier molecular flexibility index (Phi) is 4.62. The third-order valence-electron chi connectivity index (χ3n) is 2.70. The first-order chi connectivity index (χ1) is 9.76. The maximum absolute atomic E-state index is 12.1. The lowest BCUT2D eigenvalue weighted by Gasteiger charge is -2.10. The largest absolute Gasteiger partial charge is 0.442 e. The van der Waals surface area contributed by atoms with Gasteiger partial charge < -0.3 is 14.5 Å².